The second-order valence-electron chi connectivity index (χ2n) is 4.16. The number of nitrogen functional groups attached to an aromatic ring is 1. The number of benzene rings is 1. The van der Waals surface area contributed by atoms with Gasteiger partial charge in [0.15, 0.2) is 0 Å². The van der Waals surface area contributed by atoms with Crippen LogP contribution in [0.2, 0.25) is 0 Å². The average Bonchev–Trinajstić information content (AvgIpc) is 2.25. The summed E-state index contributed by atoms with van der Waals surface area (Å²) in [6.45, 7) is 1.75. The SMILES string of the molecule is CN(C)CCCNc1cccc(C(=O)O)c1N. The molecule has 0 spiro atoms. The van der Waals surface area contributed by atoms with Crippen molar-refractivity contribution in [3.05, 3.63) is 23.8 Å². The van der Waals surface area contributed by atoms with Crippen molar-refractivity contribution in [3.63, 3.8) is 0 Å². The lowest BCUT2D eigenvalue weighted by Crippen LogP contribution is -2.17. The Balaban J connectivity index is 2.59. The van der Waals surface area contributed by atoms with Gasteiger partial charge < -0.3 is 21.1 Å². The first-order chi connectivity index (χ1) is 8.02. The van der Waals surface area contributed by atoms with E-state index in [1.54, 1.807) is 12.1 Å². The van der Waals surface area contributed by atoms with E-state index in [1.165, 1.54) is 6.07 Å². The van der Waals surface area contributed by atoms with E-state index in [4.69, 9.17) is 10.8 Å². The predicted octanol–water partition coefficient (Wildman–Crippen LogP) is 1.33. The van der Waals surface area contributed by atoms with Crippen LogP contribution in [0.4, 0.5) is 11.4 Å². The second-order valence-corrected chi connectivity index (χ2v) is 4.16. The van der Waals surface area contributed by atoms with Crippen LogP contribution in [-0.2, 0) is 0 Å². The summed E-state index contributed by atoms with van der Waals surface area (Å²) in [6, 6.07) is 4.98. The van der Waals surface area contributed by atoms with Gasteiger partial charge in [-0.15, -0.1) is 0 Å². The highest BCUT2D eigenvalue weighted by Crippen LogP contribution is 2.22. The van der Waals surface area contributed by atoms with Crippen molar-refractivity contribution in [2.75, 3.05) is 38.2 Å². The van der Waals surface area contributed by atoms with Gasteiger partial charge in [0.1, 0.15) is 0 Å². The summed E-state index contributed by atoms with van der Waals surface area (Å²) in [7, 11) is 4.03. The van der Waals surface area contributed by atoms with E-state index in [-0.39, 0.29) is 5.56 Å². The molecule has 5 nitrogen and oxygen atoms in total. The minimum absolute atomic E-state index is 0.141. The lowest BCUT2D eigenvalue weighted by molar-refractivity contribution is 0.0698. The number of carboxylic acids is 1. The highest BCUT2D eigenvalue weighted by Gasteiger charge is 2.10. The fourth-order valence-corrected chi connectivity index (χ4v) is 1.52. The van der Waals surface area contributed by atoms with Gasteiger partial charge in [0.2, 0.25) is 0 Å². The quantitative estimate of drug-likeness (QED) is 0.514. The molecule has 0 amide bonds. The van der Waals surface area contributed by atoms with Gasteiger partial charge in [-0.3, -0.25) is 0 Å². The van der Waals surface area contributed by atoms with Crippen LogP contribution in [0.25, 0.3) is 0 Å². The molecule has 0 aliphatic carbocycles. The van der Waals surface area contributed by atoms with Gasteiger partial charge in [-0.1, -0.05) is 6.07 Å². The number of carboxylic acid groups (broad SMARTS) is 1. The van der Waals surface area contributed by atoms with Crippen LogP contribution in [0.3, 0.4) is 0 Å². The van der Waals surface area contributed by atoms with Gasteiger partial charge in [-0.2, -0.15) is 0 Å². The minimum Gasteiger partial charge on any atom is -0.478 e. The van der Waals surface area contributed by atoms with E-state index in [9.17, 15) is 4.79 Å². The number of hydrogen-bond donors (Lipinski definition) is 3. The first-order valence-electron chi connectivity index (χ1n) is 5.52. The van der Waals surface area contributed by atoms with Crippen molar-refractivity contribution in [2.45, 2.75) is 6.42 Å². The van der Waals surface area contributed by atoms with Crippen molar-refractivity contribution in [2.24, 2.45) is 0 Å². The van der Waals surface area contributed by atoms with Gasteiger partial charge in [-0.25, -0.2) is 4.79 Å². The third kappa shape index (κ3) is 3.96. The highest BCUT2D eigenvalue weighted by atomic mass is 16.4. The van der Waals surface area contributed by atoms with Gasteiger partial charge in [0.25, 0.3) is 0 Å². The maximum atomic E-state index is 10.9. The number of aromatic carboxylic acids is 1. The number of para-hydroxylation sites is 1. The number of nitrogens with zero attached hydrogens (tertiary/aromatic N) is 1. The first kappa shape index (κ1) is 13.3. The molecule has 94 valence electrons. The molecule has 0 atom stereocenters. The second kappa shape index (κ2) is 6.10. The number of rotatable bonds is 6. The lowest BCUT2D eigenvalue weighted by Gasteiger charge is -2.13. The van der Waals surface area contributed by atoms with Crippen LogP contribution >= 0.6 is 0 Å². The average molecular weight is 237 g/mol. The van der Waals surface area contributed by atoms with Crippen LogP contribution in [0.15, 0.2) is 18.2 Å². The van der Waals surface area contributed by atoms with E-state index in [0.29, 0.717) is 11.4 Å². The summed E-state index contributed by atoms with van der Waals surface area (Å²) in [5, 5.41) is 12.1. The molecule has 0 aliphatic rings. The van der Waals surface area contributed by atoms with Crippen molar-refractivity contribution in [1.29, 1.82) is 0 Å². The molecule has 1 aromatic carbocycles. The van der Waals surface area contributed by atoms with E-state index in [2.05, 4.69) is 10.2 Å². The molecule has 5 heteroatoms. The van der Waals surface area contributed by atoms with Crippen molar-refractivity contribution in [3.8, 4) is 0 Å². The summed E-state index contributed by atoms with van der Waals surface area (Å²) in [5.74, 6) is -1.00. The Labute approximate surface area is 101 Å². The molecular formula is C12H19N3O2. The monoisotopic (exact) mass is 237 g/mol. The van der Waals surface area contributed by atoms with Crippen LogP contribution < -0.4 is 11.1 Å². The smallest absolute Gasteiger partial charge is 0.337 e. The van der Waals surface area contributed by atoms with Crippen molar-refractivity contribution < 1.29 is 9.90 Å². The van der Waals surface area contributed by atoms with Gasteiger partial charge in [0.05, 0.1) is 16.9 Å². The molecule has 0 unspecified atom stereocenters. The van der Waals surface area contributed by atoms with Gasteiger partial charge in [-0.05, 0) is 39.2 Å². The number of anilines is 2. The highest BCUT2D eigenvalue weighted by molar-refractivity contribution is 5.97. The molecule has 1 rings (SSSR count). The largest absolute Gasteiger partial charge is 0.478 e. The Morgan fingerprint density at radius 1 is 1.47 bits per heavy atom. The summed E-state index contributed by atoms with van der Waals surface area (Å²) < 4.78 is 0. The zero-order chi connectivity index (χ0) is 12.8. The van der Waals surface area contributed by atoms with Crippen LogP contribution in [-0.4, -0.2) is 43.2 Å². The molecule has 0 bridgehead atoms. The van der Waals surface area contributed by atoms with Crippen LogP contribution in [0.5, 0.6) is 0 Å². The maximum absolute atomic E-state index is 10.9. The Kier molecular flexibility index (Phi) is 4.78. The topological polar surface area (TPSA) is 78.6 Å². The number of hydrogen-bond acceptors (Lipinski definition) is 4. The summed E-state index contributed by atoms with van der Waals surface area (Å²) in [5.41, 5.74) is 6.89. The third-order valence-corrected chi connectivity index (χ3v) is 2.43. The molecule has 1 aromatic rings. The number of nitrogens with one attached hydrogen (secondary N) is 1. The standard InChI is InChI=1S/C12H19N3O2/c1-15(2)8-4-7-14-10-6-3-5-9(11(10)13)12(16)17/h3,5-6,14H,4,7-8,13H2,1-2H3,(H,16,17). The van der Waals surface area contributed by atoms with E-state index >= 15 is 0 Å². The summed E-state index contributed by atoms with van der Waals surface area (Å²) in [6.07, 6.45) is 0.976. The Morgan fingerprint density at radius 2 is 2.18 bits per heavy atom. The van der Waals surface area contributed by atoms with Crippen molar-refractivity contribution in [1.82, 2.24) is 4.90 Å². The van der Waals surface area contributed by atoms with E-state index < -0.39 is 5.97 Å². The van der Waals surface area contributed by atoms with E-state index in [1.807, 2.05) is 14.1 Å². The Bertz CT molecular complexity index is 391. The molecule has 4 N–H and O–H groups in total. The molecule has 0 aromatic heterocycles. The molecule has 17 heavy (non-hydrogen) atoms. The minimum atomic E-state index is -1.00. The zero-order valence-corrected chi connectivity index (χ0v) is 10.2. The molecule has 0 fully saturated rings. The zero-order valence-electron chi connectivity index (χ0n) is 10.2. The van der Waals surface area contributed by atoms with E-state index in [0.717, 1.165) is 19.5 Å². The van der Waals surface area contributed by atoms with Crippen LogP contribution in [0, 0.1) is 0 Å². The molecule has 0 saturated heterocycles. The molecule has 0 heterocycles. The molecule has 0 saturated carbocycles. The fourth-order valence-electron chi connectivity index (χ4n) is 1.52. The Hall–Kier alpha value is -1.75. The number of nitrogens with two attached hydrogens (primary N) is 1. The van der Waals surface area contributed by atoms with Gasteiger partial charge >= 0.3 is 5.97 Å². The molecule has 0 aliphatic heterocycles. The maximum Gasteiger partial charge on any atom is 0.337 e. The summed E-state index contributed by atoms with van der Waals surface area (Å²) >= 11 is 0. The van der Waals surface area contributed by atoms with Gasteiger partial charge in [0, 0.05) is 6.54 Å². The molecular weight excluding hydrogens is 218 g/mol. The number of carbonyl (C=O) groups is 1. The third-order valence-electron chi connectivity index (χ3n) is 2.43. The predicted molar refractivity (Wildman–Crippen MR) is 69.5 cm³/mol. The fraction of sp³-hybridized carbons (Fsp3) is 0.417. The lowest BCUT2D eigenvalue weighted by atomic mass is 10.1. The van der Waals surface area contributed by atoms with Crippen molar-refractivity contribution >= 4 is 17.3 Å². The van der Waals surface area contributed by atoms with Crippen LogP contribution in [0.1, 0.15) is 16.8 Å². The normalized spacial score (nSPS) is 10.5. The molecule has 0 radical (unpaired) electrons. The summed E-state index contributed by atoms with van der Waals surface area (Å²) in [4.78, 5) is 13.0. The Morgan fingerprint density at radius 3 is 2.76 bits per heavy atom. The first-order valence-corrected chi connectivity index (χ1v) is 5.52.